The van der Waals surface area contributed by atoms with Gasteiger partial charge >= 0.3 is 0 Å². The van der Waals surface area contributed by atoms with Gasteiger partial charge in [-0.25, -0.2) is 0 Å². The van der Waals surface area contributed by atoms with Crippen LogP contribution in [0.25, 0.3) is 0 Å². The monoisotopic (exact) mass is 215 g/mol. The summed E-state index contributed by atoms with van der Waals surface area (Å²) >= 11 is 3.35. The van der Waals surface area contributed by atoms with Gasteiger partial charge in [0.25, 0.3) is 0 Å². The number of aliphatic hydroxyl groups is 1. The van der Waals surface area contributed by atoms with E-state index in [9.17, 15) is 0 Å². The molecule has 0 saturated heterocycles. The van der Waals surface area contributed by atoms with Crippen LogP contribution in [0.1, 0.15) is 11.1 Å². The van der Waals surface area contributed by atoms with Gasteiger partial charge in [-0.15, -0.1) is 0 Å². The number of aliphatic hydroxyl groups excluding tert-OH is 1. The lowest BCUT2D eigenvalue weighted by atomic mass is 10.1. The van der Waals surface area contributed by atoms with Crippen LogP contribution in [-0.2, 0) is 6.61 Å². The number of nitrogens with two attached hydrogens (primary N) is 1. The van der Waals surface area contributed by atoms with Crippen molar-refractivity contribution in [3.8, 4) is 0 Å². The Morgan fingerprint density at radius 2 is 2.18 bits per heavy atom. The van der Waals surface area contributed by atoms with Crippen LogP contribution in [0.4, 0.5) is 5.69 Å². The Morgan fingerprint density at radius 3 is 2.64 bits per heavy atom. The van der Waals surface area contributed by atoms with E-state index in [4.69, 9.17) is 10.8 Å². The molecule has 0 spiro atoms. The first-order valence-electron chi connectivity index (χ1n) is 3.31. The quantitative estimate of drug-likeness (QED) is 0.703. The summed E-state index contributed by atoms with van der Waals surface area (Å²) in [6.07, 6.45) is 0. The van der Waals surface area contributed by atoms with Gasteiger partial charge in [0.1, 0.15) is 0 Å². The smallest absolute Gasteiger partial charge is 0.0704 e. The first-order valence-corrected chi connectivity index (χ1v) is 4.10. The zero-order valence-electron chi connectivity index (χ0n) is 6.26. The second kappa shape index (κ2) is 3.24. The van der Waals surface area contributed by atoms with Crippen molar-refractivity contribution < 1.29 is 5.11 Å². The van der Waals surface area contributed by atoms with E-state index < -0.39 is 0 Å². The third-order valence-electron chi connectivity index (χ3n) is 1.73. The topological polar surface area (TPSA) is 46.2 Å². The fourth-order valence-electron chi connectivity index (χ4n) is 0.959. The molecular formula is C8H10BrNO. The van der Waals surface area contributed by atoms with E-state index in [0.717, 1.165) is 15.6 Å². The van der Waals surface area contributed by atoms with Crippen LogP contribution in [0, 0.1) is 6.92 Å². The minimum atomic E-state index is -0.00287. The maximum Gasteiger partial charge on any atom is 0.0704 e. The third-order valence-corrected chi connectivity index (χ3v) is 2.59. The van der Waals surface area contributed by atoms with E-state index in [1.165, 1.54) is 0 Å². The van der Waals surface area contributed by atoms with Crippen molar-refractivity contribution in [2.24, 2.45) is 0 Å². The molecule has 0 aliphatic rings. The molecule has 0 bridgehead atoms. The zero-order valence-corrected chi connectivity index (χ0v) is 7.85. The molecule has 0 atom stereocenters. The standard InChI is InChI=1S/C8H10BrNO/c1-5-6(4-11)8(10)3-2-7(5)9/h2-3,11H,4,10H2,1H3. The molecule has 0 fully saturated rings. The fraction of sp³-hybridized carbons (Fsp3) is 0.250. The van der Waals surface area contributed by atoms with Crippen LogP contribution in [-0.4, -0.2) is 5.11 Å². The lowest BCUT2D eigenvalue weighted by Gasteiger charge is -2.07. The van der Waals surface area contributed by atoms with E-state index in [2.05, 4.69) is 15.9 Å². The first kappa shape index (κ1) is 8.56. The van der Waals surface area contributed by atoms with Gasteiger partial charge in [-0.2, -0.15) is 0 Å². The average Bonchev–Trinajstić information content (AvgIpc) is 1.99. The highest BCUT2D eigenvalue weighted by Gasteiger charge is 2.03. The molecule has 2 nitrogen and oxygen atoms in total. The van der Waals surface area contributed by atoms with Gasteiger partial charge in [-0.05, 0) is 24.6 Å². The molecule has 3 N–H and O–H groups in total. The van der Waals surface area contributed by atoms with E-state index in [-0.39, 0.29) is 6.61 Å². The van der Waals surface area contributed by atoms with Gasteiger partial charge in [-0.3, -0.25) is 0 Å². The van der Waals surface area contributed by atoms with Crippen LogP contribution < -0.4 is 5.73 Å². The molecule has 0 amide bonds. The van der Waals surface area contributed by atoms with Gasteiger partial charge in [0.15, 0.2) is 0 Å². The largest absolute Gasteiger partial charge is 0.398 e. The van der Waals surface area contributed by atoms with Crippen LogP contribution in [0.15, 0.2) is 16.6 Å². The summed E-state index contributed by atoms with van der Waals surface area (Å²) in [5, 5.41) is 8.92. The Hall–Kier alpha value is -0.540. The number of hydrogen-bond acceptors (Lipinski definition) is 2. The number of rotatable bonds is 1. The van der Waals surface area contributed by atoms with Crippen molar-refractivity contribution in [2.75, 3.05) is 5.73 Å². The third kappa shape index (κ3) is 1.54. The summed E-state index contributed by atoms with van der Waals surface area (Å²) in [5.74, 6) is 0. The lowest BCUT2D eigenvalue weighted by molar-refractivity contribution is 0.281. The predicted octanol–water partition coefficient (Wildman–Crippen LogP) is 1.83. The molecule has 0 unspecified atom stereocenters. The first-order chi connectivity index (χ1) is 5.16. The van der Waals surface area contributed by atoms with Gasteiger partial charge in [-0.1, -0.05) is 15.9 Å². The molecule has 0 aliphatic heterocycles. The molecule has 1 aromatic rings. The minimum Gasteiger partial charge on any atom is -0.398 e. The highest BCUT2D eigenvalue weighted by atomic mass is 79.9. The van der Waals surface area contributed by atoms with Crippen molar-refractivity contribution >= 4 is 21.6 Å². The molecule has 11 heavy (non-hydrogen) atoms. The van der Waals surface area contributed by atoms with Crippen molar-refractivity contribution in [2.45, 2.75) is 13.5 Å². The van der Waals surface area contributed by atoms with Crippen molar-refractivity contribution in [3.05, 3.63) is 27.7 Å². The van der Waals surface area contributed by atoms with Crippen molar-refractivity contribution in [1.82, 2.24) is 0 Å². The van der Waals surface area contributed by atoms with Gasteiger partial charge in [0, 0.05) is 15.7 Å². The van der Waals surface area contributed by atoms with Gasteiger partial charge < -0.3 is 10.8 Å². The highest BCUT2D eigenvalue weighted by Crippen LogP contribution is 2.24. The average molecular weight is 216 g/mol. The molecule has 1 aromatic carbocycles. The molecule has 0 aromatic heterocycles. The highest BCUT2D eigenvalue weighted by molar-refractivity contribution is 9.10. The van der Waals surface area contributed by atoms with Crippen molar-refractivity contribution in [1.29, 1.82) is 0 Å². The molecule has 60 valence electrons. The van der Waals surface area contributed by atoms with Crippen LogP contribution in [0.2, 0.25) is 0 Å². The molecule has 0 heterocycles. The normalized spacial score (nSPS) is 10.1. The Morgan fingerprint density at radius 1 is 1.55 bits per heavy atom. The molecule has 0 radical (unpaired) electrons. The van der Waals surface area contributed by atoms with E-state index in [0.29, 0.717) is 5.69 Å². The van der Waals surface area contributed by atoms with Crippen LogP contribution in [0.3, 0.4) is 0 Å². The van der Waals surface area contributed by atoms with E-state index >= 15 is 0 Å². The molecular weight excluding hydrogens is 206 g/mol. The predicted molar refractivity (Wildman–Crippen MR) is 49.2 cm³/mol. The fourth-order valence-corrected chi connectivity index (χ4v) is 1.33. The maximum atomic E-state index is 8.92. The lowest BCUT2D eigenvalue weighted by Crippen LogP contribution is -1.97. The Balaban J connectivity index is 3.29. The number of benzene rings is 1. The minimum absolute atomic E-state index is 0.00287. The summed E-state index contributed by atoms with van der Waals surface area (Å²) in [6, 6.07) is 3.66. The second-order valence-electron chi connectivity index (χ2n) is 2.40. The summed E-state index contributed by atoms with van der Waals surface area (Å²) < 4.78 is 0.982. The molecule has 3 heteroatoms. The summed E-state index contributed by atoms with van der Waals surface area (Å²) in [4.78, 5) is 0. The van der Waals surface area contributed by atoms with Crippen molar-refractivity contribution in [3.63, 3.8) is 0 Å². The second-order valence-corrected chi connectivity index (χ2v) is 3.25. The SMILES string of the molecule is Cc1c(Br)ccc(N)c1CO. The van der Waals surface area contributed by atoms with Crippen LogP contribution in [0.5, 0.6) is 0 Å². The summed E-state index contributed by atoms with van der Waals surface area (Å²) in [6.45, 7) is 1.92. The molecule has 0 aliphatic carbocycles. The zero-order chi connectivity index (χ0) is 8.43. The summed E-state index contributed by atoms with van der Waals surface area (Å²) in [5.41, 5.74) is 8.08. The number of anilines is 1. The Labute approximate surface area is 74.2 Å². The molecule has 1 rings (SSSR count). The van der Waals surface area contributed by atoms with E-state index in [1.54, 1.807) is 6.07 Å². The Kier molecular flexibility index (Phi) is 2.52. The number of hydrogen-bond donors (Lipinski definition) is 2. The van der Waals surface area contributed by atoms with Gasteiger partial charge in [0.05, 0.1) is 6.61 Å². The van der Waals surface area contributed by atoms with Gasteiger partial charge in [0.2, 0.25) is 0 Å². The van der Waals surface area contributed by atoms with E-state index in [1.807, 2.05) is 13.0 Å². The molecule has 0 saturated carbocycles. The summed E-state index contributed by atoms with van der Waals surface area (Å²) in [7, 11) is 0. The Bertz CT molecular complexity index is 273. The van der Waals surface area contributed by atoms with Crippen LogP contribution >= 0.6 is 15.9 Å². The number of nitrogen functional groups attached to an aromatic ring is 1. The maximum absolute atomic E-state index is 8.92. The number of halogens is 1.